The van der Waals surface area contributed by atoms with Gasteiger partial charge >= 0.3 is 5.97 Å². The molecule has 0 atom stereocenters. The first-order valence-corrected chi connectivity index (χ1v) is 11.2. The van der Waals surface area contributed by atoms with Crippen LogP contribution in [0.4, 0.5) is 0 Å². The maximum atomic E-state index is 12.7. The largest absolute Gasteiger partial charge is 0.427 e. The number of esters is 1. The molecule has 1 aliphatic rings. The standard InChI is InChI=1S/C28H29NO2/c30-28(20-27(23-10-4-1-5-11-23)24-12-6-2-7-13-24)31-26-18-16-22(17-19-26)21-29-25-14-8-3-9-15-25/h1-2,4-7,10-13,16-19,21,25,27H,3,8-9,14-15,20H2. The smallest absolute Gasteiger partial charge is 0.312 e. The molecule has 1 aliphatic carbocycles. The van der Waals surface area contributed by atoms with E-state index in [1.54, 1.807) is 0 Å². The Morgan fingerprint density at radius 2 is 1.42 bits per heavy atom. The monoisotopic (exact) mass is 411 g/mol. The molecule has 3 nitrogen and oxygen atoms in total. The van der Waals surface area contributed by atoms with Crippen LogP contribution in [0, 0.1) is 0 Å². The summed E-state index contributed by atoms with van der Waals surface area (Å²) in [5.41, 5.74) is 3.26. The van der Waals surface area contributed by atoms with E-state index in [1.807, 2.05) is 66.9 Å². The molecule has 3 heteroatoms. The molecule has 0 heterocycles. The molecule has 0 N–H and O–H groups in total. The lowest BCUT2D eigenvalue weighted by atomic mass is 9.89. The van der Waals surface area contributed by atoms with E-state index in [9.17, 15) is 4.79 Å². The summed E-state index contributed by atoms with van der Waals surface area (Å²) in [6.07, 6.45) is 8.52. The highest BCUT2D eigenvalue weighted by atomic mass is 16.5. The van der Waals surface area contributed by atoms with Crippen LogP contribution in [0.3, 0.4) is 0 Å². The highest BCUT2D eigenvalue weighted by Gasteiger charge is 2.19. The summed E-state index contributed by atoms with van der Waals surface area (Å²) in [4.78, 5) is 17.5. The van der Waals surface area contributed by atoms with Gasteiger partial charge in [0.1, 0.15) is 5.75 Å². The Morgan fingerprint density at radius 1 is 0.839 bits per heavy atom. The van der Waals surface area contributed by atoms with Gasteiger partial charge in [0.05, 0.1) is 6.42 Å². The van der Waals surface area contributed by atoms with Crippen LogP contribution in [-0.4, -0.2) is 18.2 Å². The Kier molecular flexibility index (Phi) is 7.28. The number of benzene rings is 3. The van der Waals surface area contributed by atoms with Crippen molar-refractivity contribution < 1.29 is 9.53 Å². The number of hydrogen-bond donors (Lipinski definition) is 0. The topological polar surface area (TPSA) is 38.7 Å². The number of carbonyl (C=O) groups is 1. The second-order valence-corrected chi connectivity index (χ2v) is 8.19. The van der Waals surface area contributed by atoms with Crippen LogP contribution in [0.2, 0.25) is 0 Å². The van der Waals surface area contributed by atoms with Gasteiger partial charge in [-0.2, -0.15) is 0 Å². The lowest BCUT2D eigenvalue weighted by Gasteiger charge is -2.17. The molecule has 0 unspecified atom stereocenters. The Balaban J connectivity index is 1.39. The van der Waals surface area contributed by atoms with Crippen LogP contribution in [0.15, 0.2) is 89.9 Å². The number of carbonyl (C=O) groups excluding carboxylic acids is 1. The van der Waals surface area contributed by atoms with E-state index >= 15 is 0 Å². The minimum atomic E-state index is -0.235. The van der Waals surface area contributed by atoms with Gasteiger partial charge in [0.2, 0.25) is 0 Å². The first-order valence-electron chi connectivity index (χ1n) is 11.2. The SMILES string of the molecule is O=C(CC(c1ccccc1)c1ccccc1)Oc1ccc(C=NC2CCCCC2)cc1. The van der Waals surface area contributed by atoms with Crippen LogP contribution in [0.5, 0.6) is 5.75 Å². The molecule has 0 bridgehead atoms. The van der Waals surface area contributed by atoms with Crippen molar-refractivity contribution in [3.8, 4) is 5.75 Å². The highest BCUT2D eigenvalue weighted by Crippen LogP contribution is 2.28. The zero-order chi connectivity index (χ0) is 21.3. The third-order valence-corrected chi connectivity index (χ3v) is 5.90. The fourth-order valence-corrected chi connectivity index (χ4v) is 4.18. The summed E-state index contributed by atoms with van der Waals surface area (Å²) in [6.45, 7) is 0. The fraction of sp³-hybridized carbons (Fsp3) is 0.286. The Bertz CT molecular complexity index is 935. The van der Waals surface area contributed by atoms with Gasteiger partial charge in [0.25, 0.3) is 0 Å². The van der Waals surface area contributed by atoms with E-state index in [4.69, 9.17) is 9.73 Å². The summed E-state index contributed by atoms with van der Waals surface area (Å²) < 4.78 is 5.65. The molecule has 1 saturated carbocycles. The van der Waals surface area contributed by atoms with Crippen molar-refractivity contribution in [2.45, 2.75) is 50.5 Å². The number of ether oxygens (including phenoxy) is 1. The highest BCUT2D eigenvalue weighted by molar-refractivity contribution is 5.80. The average Bonchev–Trinajstić information content (AvgIpc) is 2.84. The van der Waals surface area contributed by atoms with E-state index in [0.717, 1.165) is 16.7 Å². The van der Waals surface area contributed by atoms with Crippen molar-refractivity contribution in [3.05, 3.63) is 102 Å². The van der Waals surface area contributed by atoms with Gasteiger partial charge < -0.3 is 4.74 Å². The molecule has 1 fully saturated rings. The van der Waals surface area contributed by atoms with Crippen LogP contribution in [-0.2, 0) is 4.79 Å². The van der Waals surface area contributed by atoms with Crippen LogP contribution >= 0.6 is 0 Å². The Hall–Kier alpha value is -3.20. The molecule has 31 heavy (non-hydrogen) atoms. The van der Waals surface area contributed by atoms with Crippen molar-refractivity contribution in [2.24, 2.45) is 4.99 Å². The lowest BCUT2D eigenvalue weighted by molar-refractivity contribution is -0.134. The molecule has 0 saturated heterocycles. The molecule has 3 aromatic carbocycles. The summed E-state index contributed by atoms with van der Waals surface area (Å²) in [6, 6.07) is 28.3. The maximum absolute atomic E-state index is 12.7. The van der Waals surface area contributed by atoms with Gasteiger partial charge in [-0.3, -0.25) is 9.79 Å². The molecule has 158 valence electrons. The molecule has 4 rings (SSSR count). The van der Waals surface area contributed by atoms with Crippen molar-refractivity contribution in [3.63, 3.8) is 0 Å². The molecular weight excluding hydrogens is 382 g/mol. The second-order valence-electron chi connectivity index (χ2n) is 8.19. The van der Waals surface area contributed by atoms with Crippen LogP contribution in [0.1, 0.15) is 61.1 Å². The number of hydrogen-bond acceptors (Lipinski definition) is 3. The van der Waals surface area contributed by atoms with E-state index in [-0.39, 0.29) is 11.9 Å². The lowest BCUT2D eigenvalue weighted by Crippen LogP contribution is -2.14. The minimum absolute atomic E-state index is 0.0307. The summed E-state index contributed by atoms with van der Waals surface area (Å²) in [7, 11) is 0. The quantitative estimate of drug-likeness (QED) is 0.251. The van der Waals surface area contributed by atoms with E-state index in [2.05, 4.69) is 24.3 Å². The molecule has 0 aromatic heterocycles. The molecule has 0 spiro atoms. The van der Waals surface area contributed by atoms with Gasteiger partial charge in [-0.05, 0) is 53.8 Å². The second kappa shape index (κ2) is 10.7. The van der Waals surface area contributed by atoms with Crippen LogP contribution < -0.4 is 4.74 Å². The number of nitrogens with zero attached hydrogens (tertiary/aromatic N) is 1. The molecule has 3 aromatic rings. The summed E-state index contributed by atoms with van der Waals surface area (Å²) in [5, 5.41) is 0. The normalized spacial score (nSPS) is 14.7. The van der Waals surface area contributed by atoms with E-state index in [1.165, 1.54) is 32.1 Å². The summed E-state index contributed by atoms with van der Waals surface area (Å²) >= 11 is 0. The summed E-state index contributed by atoms with van der Waals surface area (Å²) in [5.74, 6) is 0.304. The zero-order valence-electron chi connectivity index (χ0n) is 17.8. The third kappa shape index (κ3) is 6.14. The predicted molar refractivity (Wildman–Crippen MR) is 126 cm³/mol. The molecule has 0 radical (unpaired) electrons. The molecule has 0 amide bonds. The van der Waals surface area contributed by atoms with Crippen molar-refractivity contribution >= 4 is 12.2 Å². The molecular formula is C28H29NO2. The van der Waals surface area contributed by atoms with Gasteiger partial charge in [0, 0.05) is 18.2 Å². The minimum Gasteiger partial charge on any atom is -0.427 e. The Labute approximate surface area is 184 Å². The first-order chi connectivity index (χ1) is 15.3. The van der Waals surface area contributed by atoms with Crippen molar-refractivity contribution in [1.82, 2.24) is 0 Å². The van der Waals surface area contributed by atoms with Crippen molar-refractivity contribution in [1.29, 1.82) is 0 Å². The van der Waals surface area contributed by atoms with Crippen LogP contribution in [0.25, 0.3) is 0 Å². The van der Waals surface area contributed by atoms with Gasteiger partial charge in [-0.25, -0.2) is 0 Å². The maximum Gasteiger partial charge on any atom is 0.312 e. The van der Waals surface area contributed by atoms with Gasteiger partial charge in [0.15, 0.2) is 0 Å². The van der Waals surface area contributed by atoms with Gasteiger partial charge in [-0.1, -0.05) is 79.9 Å². The van der Waals surface area contributed by atoms with Crippen molar-refractivity contribution in [2.75, 3.05) is 0 Å². The average molecular weight is 412 g/mol. The number of rotatable bonds is 7. The first kappa shape index (κ1) is 21.0. The van der Waals surface area contributed by atoms with Gasteiger partial charge in [-0.15, -0.1) is 0 Å². The third-order valence-electron chi connectivity index (χ3n) is 5.90. The fourth-order valence-electron chi connectivity index (χ4n) is 4.18. The number of aliphatic imine (C=N–C) groups is 1. The molecule has 0 aliphatic heterocycles. The zero-order valence-corrected chi connectivity index (χ0v) is 17.8. The van der Waals surface area contributed by atoms with E-state index in [0.29, 0.717) is 18.2 Å². The van der Waals surface area contributed by atoms with E-state index < -0.39 is 0 Å². The predicted octanol–water partition coefficient (Wildman–Crippen LogP) is 6.57. The Morgan fingerprint density at radius 3 is 2.00 bits per heavy atom.